The van der Waals surface area contributed by atoms with Crippen LogP contribution in [0.15, 0.2) is 59.4 Å². The molecule has 0 radical (unpaired) electrons. The third kappa shape index (κ3) is 4.55. The Morgan fingerprint density at radius 2 is 1.63 bits per heavy atom. The number of hydrogen-bond acceptors (Lipinski definition) is 6. The molecule has 35 heavy (non-hydrogen) atoms. The first-order valence-electron chi connectivity index (χ1n) is 11.2. The summed E-state index contributed by atoms with van der Waals surface area (Å²) in [6, 6.07) is 15.9. The van der Waals surface area contributed by atoms with E-state index >= 15 is 0 Å². The summed E-state index contributed by atoms with van der Waals surface area (Å²) >= 11 is 0. The van der Waals surface area contributed by atoms with E-state index in [1.807, 2.05) is 30.3 Å². The molecule has 0 fully saturated rings. The molecule has 4 rings (SSSR count). The lowest BCUT2D eigenvalue weighted by molar-refractivity contribution is 0.0311. The van der Waals surface area contributed by atoms with Crippen molar-refractivity contribution in [2.24, 2.45) is 0 Å². The Bertz CT molecular complexity index is 1520. The highest BCUT2D eigenvalue weighted by Gasteiger charge is 2.28. The molecule has 0 saturated carbocycles. The van der Waals surface area contributed by atoms with Crippen LogP contribution in [-0.4, -0.2) is 38.4 Å². The number of aromatic amines is 1. The van der Waals surface area contributed by atoms with Gasteiger partial charge in [0.1, 0.15) is 0 Å². The molecule has 2 aromatic carbocycles. The molecule has 4 aromatic rings. The van der Waals surface area contributed by atoms with E-state index in [-0.39, 0.29) is 29.3 Å². The van der Waals surface area contributed by atoms with Crippen molar-refractivity contribution in [2.45, 2.75) is 40.3 Å². The smallest absolute Gasteiger partial charge is 0.360 e. The van der Waals surface area contributed by atoms with Crippen molar-refractivity contribution < 1.29 is 19.1 Å². The molecule has 8 heteroatoms. The molecule has 0 aliphatic heterocycles. The van der Waals surface area contributed by atoms with Crippen molar-refractivity contribution in [1.82, 2.24) is 14.8 Å². The van der Waals surface area contributed by atoms with E-state index in [0.717, 1.165) is 5.56 Å². The Morgan fingerprint density at radius 1 is 1.00 bits per heavy atom. The number of ketones is 2. The first-order chi connectivity index (χ1) is 16.7. The van der Waals surface area contributed by atoms with Gasteiger partial charge in [-0.3, -0.25) is 14.4 Å². The number of benzene rings is 2. The number of hydrogen-bond donors (Lipinski definition) is 1. The SMILES string of the molecule is CC(=O)c1c(C)[nH]c(C(=O)C(C)OC(=O)c2nn(Cc3ccccc3)c(=O)c3ccccc23)c1C. The fourth-order valence-electron chi connectivity index (χ4n) is 4.25. The Morgan fingerprint density at radius 3 is 2.26 bits per heavy atom. The van der Waals surface area contributed by atoms with Crippen molar-refractivity contribution in [2.75, 3.05) is 0 Å². The van der Waals surface area contributed by atoms with Gasteiger partial charge in [-0.1, -0.05) is 48.5 Å². The summed E-state index contributed by atoms with van der Waals surface area (Å²) in [5.41, 5.74) is 2.23. The minimum atomic E-state index is -1.14. The second-order valence-corrected chi connectivity index (χ2v) is 8.44. The number of aryl methyl sites for hydroxylation is 1. The van der Waals surface area contributed by atoms with Gasteiger partial charge in [0.05, 0.1) is 17.6 Å². The number of ether oxygens (including phenoxy) is 1. The molecule has 1 atom stereocenters. The van der Waals surface area contributed by atoms with Gasteiger partial charge in [0.2, 0.25) is 5.78 Å². The molecule has 1 unspecified atom stereocenters. The van der Waals surface area contributed by atoms with E-state index in [9.17, 15) is 19.2 Å². The van der Waals surface area contributed by atoms with E-state index in [1.54, 1.807) is 38.1 Å². The molecule has 0 saturated heterocycles. The summed E-state index contributed by atoms with van der Waals surface area (Å²) in [6.07, 6.45) is -1.14. The van der Waals surface area contributed by atoms with Crippen LogP contribution in [0.25, 0.3) is 10.8 Å². The number of H-pyrrole nitrogens is 1. The van der Waals surface area contributed by atoms with Crippen molar-refractivity contribution in [3.63, 3.8) is 0 Å². The van der Waals surface area contributed by atoms with Crippen LogP contribution in [0.2, 0.25) is 0 Å². The van der Waals surface area contributed by atoms with E-state index in [2.05, 4.69) is 10.1 Å². The van der Waals surface area contributed by atoms with Gasteiger partial charge in [-0.2, -0.15) is 5.10 Å². The third-order valence-electron chi connectivity index (χ3n) is 5.93. The summed E-state index contributed by atoms with van der Waals surface area (Å²) in [7, 11) is 0. The highest BCUT2D eigenvalue weighted by Crippen LogP contribution is 2.21. The first-order valence-corrected chi connectivity index (χ1v) is 11.2. The maximum atomic E-state index is 13.2. The zero-order valence-corrected chi connectivity index (χ0v) is 19.9. The van der Waals surface area contributed by atoms with Gasteiger partial charge in [-0.25, -0.2) is 9.48 Å². The average molecular weight is 472 g/mol. The Labute approximate surface area is 201 Å². The lowest BCUT2D eigenvalue weighted by Gasteiger charge is -2.14. The molecular formula is C27H25N3O5. The molecular weight excluding hydrogens is 446 g/mol. The predicted molar refractivity (Wildman–Crippen MR) is 131 cm³/mol. The van der Waals surface area contributed by atoms with Gasteiger partial charge in [0.25, 0.3) is 5.56 Å². The van der Waals surface area contributed by atoms with Crippen LogP contribution in [0.1, 0.15) is 62.0 Å². The van der Waals surface area contributed by atoms with Gasteiger partial charge in [-0.05, 0) is 44.9 Å². The third-order valence-corrected chi connectivity index (χ3v) is 5.93. The quantitative estimate of drug-likeness (QED) is 0.322. The number of fused-ring (bicyclic) bond motifs is 1. The Hall–Kier alpha value is -4.33. The second kappa shape index (κ2) is 9.50. The van der Waals surface area contributed by atoms with E-state index in [4.69, 9.17) is 4.74 Å². The van der Waals surface area contributed by atoms with Crippen LogP contribution in [0.5, 0.6) is 0 Å². The molecule has 1 N–H and O–H groups in total. The highest BCUT2D eigenvalue weighted by atomic mass is 16.5. The van der Waals surface area contributed by atoms with Gasteiger partial charge in [0, 0.05) is 16.6 Å². The number of rotatable bonds is 7. The molecule has 0 bridgehead atoms. The van der Waals surface area contributed by atoms with Crippen LogP contribution < -0.4 is 5.56 Å². The molecule has 0 amide bonds. The number of nitrogens with zero attached hydrogens (tertiary/aromatic N) is 2. The van der Waals surface area contributed by atoms with E-state index in [0.29, 0.717) is 27.6 Å². The summed E-state index contributed by atoms with van der Waals surface area (Å²) in [6.45, 7) is 6.46. The fraction of sp³-hybridized carbons (Fsp3) is 0.222. The monoisotopic (exact) mass is 471 g/mol. The zero-order chi connectivity index (χ0) is 25.3. The number of aromatic nitrogens is 3. The topological polar surface area (TPSA) is 111 Å². The van der Waals surface area contributed by atoms with Gasteiger partial charge < -0.3 is 9.72 Å². The lowest BCUT2D eigenvalue weighted by atomic mass is 10.0. The molecule has 0 spiro atoms. The van der Waals surface area contributed by atoms with Crippen LogP contribution in [0, 0.1) is 13.8 Å². The number of nitrogens with one attached hydrogen (secondary N) is 1. The number of carbonyl (C=O) groups excluding carboxylic acids is 3. The maximum absolute atomic E-state index is 13.2. The Balaban J connectivity index is 1.67. The van der Waals surface area contributed by atoms with Gasteiger partial charge in [-0.15, -0.1) is 0 Å². The second-order valence-electron chi connectivity index (χ2n) is 8.44. The normalized spacial score (nSPS) is 11.9. The summed E-state index contributed by atoms with van der Waals surface area (Å²) < 4.78 is 6.72. The van der Waals surface area contributed by atoms with Gasteiger partial charge in [0.15, 0.2) is 17.6 Å². The van der Waals surface area contributed by atoms with Crippen LogP contribution >= 0.6 is 0 Å². The summed E-state index contributed by atoms with van der Waals surface area (Å²) in [5.74, 6) is -1.44. The van der Waals surface area contributed by atoms with Crippen molar-refractivity contribution in [3.8, 4) is 0 Å². The molecule has 178 valence electrons. The van der Waals surface area contributed by atoms with Crippen molar-refractivity contribution in [3.05, 3.63) is 98.7 Å². The number of esters is 1. The number of carbonyl (C=O) groups is 3. The highest BCUT2D eigenvalue weighted by molar-refractivity contribution is 6.07. The van der Waals surface area contributed by atoms with Crippen molar-refractivity contribution in [1.29, 1.82) is 0 Å². The largest absolute Gasteiger partial charge is 0.449 e. The van der Waals surface area contributed by atoms with E-state index in [1.165, 1.54) is 18.5 Å². The molecule has 0 aliphatic rings. The minimum absolute atomic E-state index is 0.0559. The fourth-order valence-corrected chi connectivity index (χ4v) is 4.25. The van der Waals surface area contributed by atoms with Crippen LogP contribution in [-0.2, 0) is 11.3 Å². The zero-order valence-electron chi connectivity index (χ0n) is 19.9. The van der Waals surface area contributed by atoms with Crippen LogP contribution in [0.3, 0.4) is 0 Å². The molecule has 8 nitrogen and oxygen atoms in total. The maximum Gasteiger partial charge on any atom is 0.360 e. The molecule has 2 heterocycles. The summed E-state index contributed by atoms with van der Waals surface area (Å²) in [4.78, 5) is 54.1. The molecule has 0 aliphatic carbocycles. The molecule has 2 aromatic heterocycles. The minimum Gasteiger partial charge on any atom is -0.449 e. The van der Waals surface area contributed by atoms with Gasteiger partial charge >= 0.3 is 5.97 Å². The summed E-state index contributed by atoms with van der Waals surface area (Å²) in [5, 5.41) is 4.98. The first kappa shape index (κ1) is 23.8. The average Bonchev–Trinajstić information content (AvgIpc) is 3.14. The van der Waals surface area contributed by atoms with Crippen LogP contribution in [0.4, 0.5) is 0 Å². The van der Waals surface area contributed by atoms with Crippen molar-refractivity contribution >= 4 is 28.3 Å². The predicted octanol–water partition coefficient (Wildman–Crippen LogP) is 4.02. The standard InChI is InChI=1S/C27H25N3O5/c1-15-22(17(3)31)16(2)28-23(15)25(32)18(4)35-27(34)24-20-12-8-9-13-21(20)26(33)30(29-24)14-19-10-6-5-7-11-19/h5-13,18,28H,14H2,1-4H3. The number of Topliss-reactive ketones (excluding diaryl/α,β-unsaturated/α-hetero) is 2. The van der Waals surface area contributed by atoms with E-state index < -0.39 is 17.9 Å². The Kier molecular flexibility index (Phi) is 6.46. The lowest BCUT2D eigenvalue weighted by Crippen LogP contribution is -2.30.